The van der Waals surface area contributed by atoms with Gasteiger partial charge in [-0.3, -0.25) is 0 Å². The van der Waals surface area contributed by atoms with Crippen LogP contribution in [0.2, 0.25) is 0 Å². The number of nitrogens with zero attached hydrogens (tertiary/aromatic N) is 1. The highest BCUT2D eigenvalue weighted by Crippen LogP contribution is 2.45. The Morgan fingerprint density at radius 2 is 1.60 bits per heavy atom. The van der Waals surface area contributed by atoms with Gasteiger partial charge in [-0.1, -0.05) is 12.8 Å². The highest BCUT2D eigenvalue weighted by molar-refractivity contribution is 4.91. The highest BCUT2D eigenvalue weighted by Gasteiger charge is 2.37. The van der Waals surface area contributed by atoms with Crippen molar-refractivity contribution in [1.82, 2.24) is 10.2 Å². The summed E-state index contributed by atoms with van der Waals surface area (Å²) in [4.78, 5) is 2.85. The molecule has 0 spiro atoms. The monoisotopic (exact) mass is 276 g/mol. The molecule has 114 valence electrons. The summed E-state index contributed by atoms with van der Waals surface area (Å²) in [6.45, 7) is 4.03. The quantitative estimate of drug-likeness (QED) is 0.828. The molecule has 1 heterocycles. The zero-order valence-corrected chi connectivity index (χ0v) is 13.0. The zero-order chi connectivity index (χ0) is 13.4. The van der Waals surface area contributed by atoms with E-state index in [1.165, 1.54) is 64.6 Å². The largest absolute Gasteiger partial charge is 0.314 e. The standard InChI is InChI=1S/C18H32N2/c1-2-16(15-6-7-15)12-18(3-1)20-10-8-17(9-11-20)19-13-14-4-5-14/h14-19H,1-13H2. The third-order valence-corrected chi connectivity index (χ3v) is 6.41. The Kier molecular flexibility index (Phi) is 4.05. The Morgan fingerprint density at radius 3 is 2.30 bits per heavy atom. The van der Waals surface area contributed by atoms with Gasteiger partial charge in [-0.25, -0.2) is 0 Å². The smallest absolute Gasteiger partial charge is 0.00980 e. The molecule has 0 bridgehead atoms. The number of rotatable bonds is 5. The van der Waals surface area contributed by atoms with Crippen molar-refractivity contribution >= 4 is 0 Å². The molecule has 4 aliphatic rings. The lowest BCUT2D eigenvalue weighted by Crippen LogP contribution is -2.48. The van der Waals surface area contributed by atoms with E-state index in [-0.39, 0.29) is 0 Å². The molecule has 1 N–H and O–H groups in total. The number of piperidine rings is 1. The molecule has 4 fully saturated rings. The van der Waals surface area contributed by atoms with Crippen molar-refractivity contribution in [2.24, 2.45) is 17.8 Å². The Labute approximate surface area is 124 Å². The zero-order valence-electron chi connectivity index (χ0n) is 13.0. The van der Waals surface area contributed by atoms with Crippen LogP contribution in [-0.4, -0.2) is 36.6 Å². The number of hydrogen-bond acceptors (Lipinski definition) is 2. The predicted octanol–water partition coefficient (Wildman–Crippen LogP) is 3.42. The lowest BCUT2D eigenvalue weighted by atomic mass is 9.81. The van der Waals surface area contributed by atoms with E-state index in [0.29, 0.717) is 0 Å². The van der Waals surface area contributed by atoms with Gasteiger partial charge in [0.05, 0.1) is 0 Å². The molecule has 1 aliphatic heterocycles. The third-order valence-electron chi connectivity index (χ3n) is 6.41. The van der Waals surface area contributed by atoms with Gasteiger partial charge in [0.25, 0.3) is 0 Å². The second-order valence-corrected chi connectivity index (χ2v) is 8.08. The van der Waals surface area contributed by atoms with Gasteiger partial charge in [0.1, 0.15) is 0 Å². The molecule has 4 rings (SSSR count). The van der Waals surface area contributed by atoms with Crippen LogP contribution in [0.25, 0.3) is 0 Å². The van der Waals surface area contributed by atoms with E-state index < -0.39 is 0 Å². The minimum Gasteiger partial charge on any atom is -0.314 e. The van der Waals surface area contributed by atoms with E-state index in [2.05, 4.69) is 10.2 Å². The van der Waals surface area contributed by atoms with Crippen molar-refractivity contribution in [3.05, 3.63) is 0 Å². The van der Waals surface area contributed by atoms with E-state index in [1.54, 1.807) is 19.3 Å². The maximum absolute atomic E-state index is 3.82. The van der Waals surface area contributed by atoms with Crippen LogP contribution in [0.4, 0.5) is 0 Å². The van der Waals surface area contributed by atoms with Crippen LogP contribution in [0, 0.1) is 17.8 Å². The molecular formula is C18H32N2. The van der Waals surface area contributed by atoms with E-state index >= 15 is 0 Å². The lowest BCUT2D eigenvalue weighted by molar-refractivity contribution is 0.0920. The molecule has 0 aromatic heterocycles. The average molecular weight is 276 g/mol. The number of hydrogen-bond donors (Lipinski definition) is 1. The van der Waals surface area contributed by atoms with Gasteiger partial charge in [-0.15, -0.1) is 0 Å². The van der Waals surface area contributed by atoms with Crippen molar-refractivity contribution in [2.45, 2.75) is 76.3 Å². The molecule has 3 saturated carbocycles. The van der Waals surface area contributed by atoms with Gasteiger partial charge in [0.15, 0.2) is 0 Å². The van der Waals surface area contributed by atoms with Crippen LogP contribution in [-0.2, 0) is 0 Å². The van der Waals surface area contributed by atoms with Crippen LogP contribution in [0.5, 0.6) is 0 Å². The molecule has 1 saturated heterocycles. The minimum atomic E-state index is 0.828. The van der Waals surface area contributed by atoms with Gasteiger partial charge in [0.2, 0.25) is 0 Å². The number of likely N-dealkylation sites (tertiary alicyclic amines) is 1. The highest BCUT2D eigenvalue weighted by atomic mass is 15.2. The lowest BCUT2D eigenvalue weighted by Gasteiger charge is -2.41. The molecule has 2 nitrogen and oxygen atoms in total. The van der Waals surface area contributed by atoms with Crippen molar-refractivity contribution in [2.75, 3.05) is 19.6 Å². The summed E-state index contributed by atoms with van der Waals surface area (Å²) in [6, 6.07) is 1.77. The first-order valence-electron chi connectivity index (χ1n) is 9.36. The molecule has 2 atom stereocenters. The van der Waals surface area contributed by atoms with Crippen LogP contribution < -0.4 is 5.32 Å². The van der Waals surface area contributed by atoms with E-state index in [0.717, 1.165) is 29.8 Å². The van der Waals surface area contributed by atoms with Crippen molar-refractivity contribution in [3.63, 3.8) is 0 Å². The summed E-state index contributed by atoms with van der Waals surface area (Å²) in [7, 11) is 0. The topological polar surface area (TPSA) is 15.3 Å². The summed E-state index contributed by atoms with van der Waals surface area (Å²) in [6.07, 6.45) is 14.9. The van der Waals surface area contributed by atoms with E-state index in [4.69, 9.17) is 0 Å². The molecule has 2 heteroatoms. The van der Waals surface area contributed by atoms with Crippen molar-refractivity contribution < 1.29 is 0 Å². The van der Waals surface area contributed by atoms with Gasteiger partial charge >= 0.3 is 0 Å². The first kappa shape index (κ1) is 13.6. The Morgan fingerprint density at radius 1 is 0.800 bits per heavy atom. The van der Waals surface area contributed by atoms with Gasteiger partial charge in [-0.05, 0) is 88.8 Å². The first-order valence-corrected chi connectivity index (χ1v) is 9.36. The fraction of sp³-hybridized carbons (Fsp3) is 1.00. The maximum atomic E-state index is 3.82. The van der Waals surface area contributed by atoms with E-state index in [9.17, 15) is 0 Å². The Hall–Kier alpha value is -0.0800. The summed E-state index contributed by atoms with van der Waals surface area (Å²) >= 11 is 0. The van der Waals surface area contributed by atoms with E-state index in [1.807, 2.05) is 0 Å². The predicted molar refractivity (Wildman–Crippen MR) is 83.8 cm³/mol. The van der Waals surface area contributed by atoms with Crippen molar-refractivity contribution in [3.8, 4) is 0 Å². The van der Waals surface area contributed by atoms with Crippen LogP contribution in [0.1, 0.15) is 64.2 Å². The Balaban J connectivity index is 1.21. The van der Waals surface area contributed by atoms with Gasteiger partial charge in [-0.2, -0.15) is 0 Å². The second-order valence-electron chi connectivity index (χ2n) is 8.08. The molecule has 0 radical (unpaired) electrons. The molecule has 0 amide bonds. The van der Waals surface area contributed by atoms with Crippen LogP contribution >= 0.6 is 0 Å². The maximum Gasteiger partial charge on any atom is 0.00980 e. The number of nitrogens with one attached hydrogen (secondary N) is 1. The van der Waals surface area contributed by atoms with Crippen molar-refractivity contribution in [1.29, 1.82) is 0 Å². The minimum absolute atomic E-state index is 0.828. The molecule has 3 aliphatic carbocycles. The van der Waals surface area contributed by atoms with Gasteiger partial charge in [0, 0.05) is 12.1 Å². The van der Waals surface area contributed by atoms with Gasteiger partial charge < -0.3 is 10.2 Å². The normalized spacial score (nSPS) is 37.2. The molecular weight excluding hydrogens is 244 g/mol. The SMILES string of the molecule is C1CC(C2CC2)CC(N2CCC(NCC3CC3)CC2)C1. The summed E-state index contributed by atoms with van der Waals surface area (Å²) in [5, 5.41) is 3.82. The first-order chi connectivity index (χ1) is 9.88. The van der Waals surface area contributed by atoms with Crippen LogP contribution in [0.15, 0.2) is 0 Å². The third kappa shape index (κ3) is 3.39. The fourth-order valence-electron chi connectivity index (χ4n) is 4.65. The van der Waals surface area contributed by atoms with Crippen LogP contribution in [0.3, 0.4) is 0 Å². The molecule has 20 heavy (non-hydrogen) atoms. The fourth-order valence-corrected chi connectivity index (χ4v) is 4.65. The molecule has 0 aromatic carbocycles. The summed E-state index contributed by atoms with van der Waals surface area (Å²) in [5.74, 6) is 3.26. The second kappa shape index (κ2) is 5.96. The average Bonchev–Trinajstić information content (AvgIpc) is 3.40. The summed E-state index contributed by atoms with van der Waals surface area (Å²) < 4.78 is 0. The molecule has 0 aromatic rings. The Bertz CT molecular complexity index is 313. The summed E-state index contributed by atoms with van der Waals surface area (Å²) in [5.41, 5.74) is 0. The molecule has 2 unspecified atom stereocenters.